The third kappa shape index (κ3) is 4.06. The van der Waals surface area contributed by atoms with Crippen molar-refractivity contribution in [2.24, 2.45) is 5.92 Å². The van der Waals surface area contributed by atoms with E-state index in [-0.39, 0.29) is 6.03 Å². The first-order chi connectivity index (χ1) is 11.0. The van der Waals surface area contributed by atoms with E-state index in [1.165, 1.54) is 39.5 Å². The lowest BCUT2D eigenvalue weighted by Gasteiger charge is -2.31. The smallest absolute Gasteiger partial charge is 0.317 e. The van der Waals surface area contributed by atoms with Gasteiger partial charge in [0, 0.05) is 25.2 Å². The second-order valence-electron chi connectivity index (χ2n) is 6.08. The molecule has 128 valence electrons. The molecule has 1 aliphatic carbocycles. The van der Waals surface area contributed by atoms with Crippen LogP contribution in [0, 0.1) is 11.7 Å². The van der Waals surface area contributed by atoms with E-state index in [1.54, 1.807) is 24.9 Å². The lowest BCUT2D eigenvalue weighted by molar-refractivity contribution is 0.180. The molecule has 2 amide bonds. The van der Waals surface area contributed by atoms with Crippen LogP contribution in [0.3, 0.4) is 0 Å². The van der Waals surface area contributed by atoms with Gasteiger partial charge in [-0.05, 0) is 31.7 Å². The van der Waals surface area contributed by atoms with E-state index >= 15 is 0 Å². The zero-order chi connectivity index (χ0) is 17.0. The maximum atomic E-state index is 14.2. The van der Waals surface area contributed by atoms with E-state index in [2.05, 4.69) is 5.32 Å². The fraction of sp³-hybridized carbons (Fsp3) is 0.588. The molecule has 1 saturated carbocycles. The molecule has 0 aromatic heterocycles. The Morgan fingerprint density at radius 3 is 2.48 bits per heavy atom. The molecule has 0 saturated heterocycles. The number of rotatable bonds is 6. The van der Waals surface area contributed by atoms with Gasteiger partial charge in [-0.1, -0.05) is 6.42 Å². The molecule has 1 aromatic rings. The molecule has 6 heteroatoms. The molecule has 1 fully saturated rings. The van der Waals surface area contributed by atoms with Gasteiger partial charge in [-0.3, -0.25) is 0 Å². The van der Waals surface area contributed by atoms with E-state index < -0.39 is 11.9 Å². The van der Waals surface area contributed by atoms with Crippen molar-refractivity contribution >= 4 is 6.03 Å². The van der Waals surface area contributed by atoms with Gasteiger partial charge in [-0.25, -0.2) is 9.18 Å². The van der Waals surface area contributed by atoms with E-state index in [0.717, 1.165) is 6.54 Å². The Bertz CT molecular complexity index is 561. The van der Waals surface area contributed by atoms with Gasteiger partial charge in [-0.2, -0.15) is 0 Å². The lowest BCUT2D eigenvalue weighted by atomic mass is 9.85. The molecule has 0 radical (unpaired) electrons. The average Bonchev–Trinajstić information content (AvgIpc) is 2.49. The summed E-state index contributed by atoms with van der Waals surface area (Å²) in [6, 6.07) is 2.17. The van der Waals surface area contributed by atoms with Crippen molar-refractivity contribution < 1.29 is 18.7 Å². The number of hydrogen-bond donors (Lipinski definition) is 1. The van der Waals surface area contributed by atoms with Crippen LogP contribution in [0.5, 0.6) is 11.5 Å². The summed E-state index contributed by atoms with van der Waals surface area (Å²) in [5.41, 5.74) is 0.369. The van der Waals surface area contributed by atoms with Crippen LogP contribution in [0.2, 0.25) is 0 Å². The summed E-state index contributed by atoms with van der Waals surface area (Å²) in [5.74, 6) is 0.929. The van der Waals surface area contributed by atoms with Crippen LogP contribution < -0.4 is 14.8 Å². The number of amides is 2. The summed E-state index contributed by atoms with van der Waals surface area (Å²) in [6.45, 7) is 2.49. The van der Waals surface area contributed by atoms with E-state index in [0.29, 0.717) is 23.0 Å². The molecule has 1 aromatic carbocycles. The first-order valence-corrected chi connectivity index (χ1v) is 7.89. The highest BCUT2D eigenvalue weighted by Gasteiger charge is 2.23. The standard InChI is InChI=1S/C17H25FN2O3/c1-11(19-17(21)20(2)10-12-6-5-7-12)13-8-15(22-3)16(23-4)9-14(13)18/h8-9,11-12H,5-7,10H2,1-4H3,(H,19,21)/t11-/m0/s1. The summed E-state index contributed by atoms with van der Waals surface area (Å²) in [7, 11) is 4.72. The Kier molecular flexibility index (Phi) is 5.69. The summed E-state index contributed by atoms with van der Waals surface area (Å²) in [5, 5.41) is 2.83. The predicted molar refractivity (Wildman–Crippen MR) is 86.4 cm³/mol. The van der Waals surface area contributed by atoms with Gasteiger partial charge in [0.1, 0.15) is 5.82 Å². The quantitative estimate of drug-likeness (QED) is 0.873. The van der Waals surface area contributed by atoms with Crippen LogP contribution in [0.15, 0.2) is 12.1 Å². The number of ether oxygens (including phenoxy) is 2. The Hall–Kier alpha value is -1.98. The van der Waals surface area contributed by atoms with Crippen LogP contribution in [-0.4, -0.2) is 38.7 Å². The zero-order valence-electron chi connectivity index (χ0n) is 14.2. The third-order valence-corrected chi connectivity index (χ3v) is 4.41. The first-order valence-electron chi connectivity index (χ1n) is 7.89. The molecule has 0 unspecified atom stereocenters. The minimum atomic E-state index is -0.467. The number of carbonyl (C=O) groups excluding carboxylic acids is 1. The molecular formula is C17H25FN2O3. The van der Waals surface area contributed by atoms with Crippen molar-refractivity contribution in [1.82, 2.24) is 10.2 Å². The average molecular weight is 324 g/mol. The van der Waals surface area contributed by atoms with Gasteiger partial charge < -0.3 is 19.7 Å². The minimum Gasteiger partial charge on any atom is -0.493 e. The van der Waals surface area contributed by atoms with Crippen LogP contribution in [0.4, 0.5) is 9.18 Å². The van der Waals surface area contributed by atoms with E-state index in [4.69, 9.17) is 9.47 Å². The molecular weight excluding hydrogens is 299 g/mol. The minimum absolute atomic E-state index is 0.196. The highest BCUT2D eigenvalue weighted by Crippen LogP contribution is 2.32. The van der Waals surface area contributed by atoms with Gasteiger partial charge in [0.15, 0.2) is 11.5 Å². The Morgan fingerprint density at radius 2 is 1.96 bits per heavy atom. The fourth-order valence-corrected chi connectivity index (χ4v) is 2.72. The Morgan fingerprint density at radius 1 is 1.35 bits per heavy atom. The molecule has 1 N–H and O–H groups in total. The monoisotopic (exact) mass is 324 g/mol. The number of halogens is 1. The van der Waals surface area contributed by atoms with Gasteiger partial charge >= 0.3 is 6.03 Å². The second kappa shape index (κ2) is 7.53. The summed E-state index contributed by atoms with van der Waals surface area (Å²) < 4.78 is 24.5. The third-order valence-electron chi connectivity index (χ3n) is 4.41. The number of nitrogens with zero attached hydrogens (tertiary/aromatic N) is 1. The van der Waals surface area contributed by atoms with Crippen LogP contribution in [0.1, 0.15) is 37.8 Å². The fourth-order valence-electron chi connectivity index (χ4n) is 2.72. The van der Waals surface area contributed by atoms with Crippen LogP contribution in [-0.2, 0) is 0 Å². The maximum absolute atomic E-state index is 14.2. The second-order valence-corrected chi connectivity index (χ2v) is 6.08. The van der Waals surface area contributed by atoms with Crippen molar-refractivity contribution in [2.75, 3.05) is 27.8 Å². The largest absolute Gasteiger partial charge is 0.493 e. The summed E-state index contributed by atoms with van der Waals surface area (Å²) >= 11 is 0. The first kappa shape index (κ1) is 17.4. The number of nitrogens with one attached hydrogen (secondary N) is 1. The van der Waals surface area contributed by atoms with Gasteiger partial charge in [0.25, 0.3) is 0 Å². The maximum Gasteiger partial charge on any atom is 0.317 e. The molecule has 5 nitrogen and oxygen atoms in total. The SMILES string of the molecule is COc1cc(F)c([C@H](C)NC(=O)N(C)CC2CCC2)cc1OC. The number of urea groups is 1. The molecule has 2 rings (SSSR count). The van der Waals surface area contributed by atoms with Crippen molar-refractivity contribution in [3.63, 3.8) is 0 Å². The molecule has 1 aliphatic rings. The highest BCUT2D eigenvalue weighted by atomic mass is 19.1. The predicted octanol–water partition coefficient (Wildman–Crippen LogP) is 3.35. The summed E-state index contributed by atoms with van der Waals surface area (Å²) in [4.78, 5) is 13.9. The Balaban J connectivity index is 2.04. The van der Waals surface area contributed by atoms with Crippen molar-refractivity contribution in [3.05, 3.63) is 23.5 Å². The normalized spacial score (nSPS) is 15.5. The van der Waals surface area contributed by atoms with Gasteiger partial charge in [0.2, 0.25) is 0 Å². The molecule has 0 aliphatic heterocycles. The molecule has 0 bridgehead atoms. The van der Waals surface area contributed by atoms with Crippen molar-refractivity contribution in [1.29, 1.82) is 0 Å². The molecule has 0 spiro atoms. The van der Waals surface area contributed by atoms with Crippen LogP contribution >= 0.6 is 0 Å². The lowest BCUT2D eigenvalue weighted by Crippen LogP contribution is -2.42. The number of benzene rings is 1. The van der Waals surface area contributed by atoms with E-state index in [9.17, 15) is 9.18 Å². The van der Waals surface area contributed by atoms with Crippen molar-refractivity contribution in [2.45, 2.75) is 32.2 Å². The highest BCUT2D eigenvalue weighted by molar-refractivity contribution is 5.74. The summed E-state index contributed by atoms with van der Waals surface area (Å²) in [6.07, 6.45) is 3.60. The zero-order valence-corrected chi connectivity index (χ0v) is 14.2. The van der Waals surface area contributed by atoms with Gasteiger partial charge in [-0.15, -0.1) is 0 Å². The topological polar surface area (TPSA) is 50.8 Å². The van der Waals surface area contributed by atoms with Crippen molar-refractivity contribution in [3.8, 4) is 11.5 Å². The number of methoxy groups -OCH3 is 2. The number of hydrogen-bond acceptors (Lipinski definition) is 3. The Labute approximate surface area is 136 Å². The van der Waals surface area contributed by atoms with Crippen LogP contribution in [0.25, 0.3) is 0 Å². The van der Waals surface area contributed by atoms with Gasteiger partial charge in [0.05, 0.1) is 20.3 Å². The molecule has 0 heterocycles. The van der Waals surface area contributed by atoms with E-state index in [1.807, 2.05) is 0 Å². The molecule has 23 heavy (non-hydrogen) atoms. The number of carbonyl (C=O) groups is 1. The molecule has 1 atom stereocenters.